The molecule has 7 heteroatoms. The molecule has 0 saturated carbocycles. The summed E-state index contributed by atoms with van der Waals surface area (Å²) in [5.41, 5.74) is 2.99. The summed E-state index contributed by atoms with van der Waals surface area (Å²) >= 11 is 9.38. The van der Waals surface area contributed by atoms with Gasteiger partial charge in [-0.15, -0.1) is 0 Å². The molecule has 2 amide bonds. The molecule has 0 radical (unpaired) electrons. The van der Waals surface area contributed by atoms with Gasteiger partial charge in [0.2, 0.25) is 0 Å². The van der Waals surface area contributed by atoms with Crippen LogP contribution in [0.1, 0.15) is 31.8 Å². The van der Waals surface area contributed by atoms with Crippen molar-refractivity contribution in [1.82, 2.24) is 5.32 Å². The molecule has 0 aliphatic carbocycles. The van der Waals surface area contributed by atoms with Crippen molar-refractivity contribution in [2.45, 2.75) is 0 Å². The molecule has 4 rings (SSSR count). The Hall–Kier alpha value is -4.26. The first-order chi connectivity index (χ1) is 18.4. The maximum Gasteiger partial charge on any atom is 0.272 e. The van der Waals surface area contributed by atoms with Gasteiger partial charge in [-0.25, -0.2) is 0 Å². The summed E-state index contributed by atoms with van der Waals surface area (Å²) in [4.78, 5) is 38.5. The second-order valence-corrected chi connectivity index (χ2v) is 9.57. The molecule has 0 unspecified atom stereocenters. The van der Waals surface area contributed by atoms with E-state index < -0.39 is 11.8 Å². The summed E-state index contributed by atoms with van der Waals surface area (Å²) in [6.45, 7) is 0. The van der Waals surface area contributed by atoms with Crippen molar-refractivity contribution >= 4 is 63.0 Å². The van der Waals surface area contributed by atoms with E-state index in [1.54, 1.807) is 72.8 Å². The lowest BCUT2D eigenvalue weighted by molar-refractivity contribution is -0.113. The first-order valence-corrected chi connectivity index (χ1v) is 12.8. The highest BCUT2D eigenvalue weighted by molar-refractivity contribution is 9.10. The monoisotopic (exact) mass is 584 g/mol. The van der Waals surface area contributed by atoms with Gasteiger partial charge in [-0.2, -0.15) is 0 Å². The molecule has 0 heterocycles. The zero-order valence-electron chi connectivity index (χ0n) is 20.0. The number of anilines is 1. The van der Waals surface area contributed by atoms with Crippen molar-refractivity contribution in [2.75, 3.05) is 5.32 Å². The molecule has 4 aromatic rings. The summed E-state index contributed by atoms with van der Waals surface area (Å²) in [6, 6.07) is 29.7. The molecule has 0 atom stereocenters. The first kappa shape index (κ1) is 26.8. The van der Waals surface area contributed by atoms with Gasteiger partial charge in [-0.1, -0.05) is 76.1 Å². The lowest BCUT2D eigenvalue weighted by atomic mass is 10.1. The summed E-state index contributed by atoms with van der Waals surface area (Å²) < 4.78 is 0.894. The van der Waals surface area contributed by atoms with Crippen LogP contribution in [0.5, 0.6) is 0 Å². The van der Waals surface area contributed by atoms with Gasteiger partial charge < -0.3 is 10.6 Å². The fourth-order valence-corrected chi connectivity index (χ4v) is 3.93. The van der Waals surface area contributed by atoms with Crippen molar-refractivity contribution in [1.29, 1.82) is 0 Å². The van der Waals surface area contributed by atoms with Gasteiger partial charge in [-0.3, -0.25) is 14.4 Å². The van der Waals surface area contributed by atoms with Gasteiger partial charge in [0, 0.05) is 26.3 Å². The van der Waals surface area contributed by atoms with Gasteiger partial charge in [-0.05, 0) is 83.9 Å². The van der Waals surface area contributed by atoms with Crippen LogP contribution in [0, 0.1) is 0 Å². The molecule has 188 valence electrons. The van der Waals surface area contributed by atoms with Crippen LogP contribution >= 0.6 is 27.5 Å². The molecule has 0 aliphatic heterocycles. The third-order valence-corrected chi connectivity index (χ3v) is 6.18. The molecule has 0 aliphatic rings. The summed E-state index contributed by atoms with van der Waals surface area (Å²) in [7, 11) is 0. The predicted octanol–water partition coefficient (Wildman–Crippen LogP) is 7.41. The number of hydrogen-bond acceptors (Lipinski definition) is 3. The lowest BCUT2D eigenvalue weighted by Gasteiger charge is -2.12. The van der Waals surface area contributed by atoms with Gasteiger partial charge in [0.05, 0.1) is 0 Å². The highest BCUT2D eigenvalue weighted by Crippen LogP contribution is 2.17. The van der Waals surface area contributed by atoms with Crippen molar-refractivity contribution in [3.63, 3.8) is 0 Å². The number of carbonyl (C=O) groups excluding carboxylic acids is 3. The molecule has 4 aromatic carbocycles. The van der Waals surface area contributed by atoms with E-state index >= 15 is 0 Å². The Morgan fingerprint density at radius 1 is 0.737 bits per heavy atom. The van der Waals surface area contributed by atoms with Crippen LogP contribution in [-0.2, 0) is 4.79 Å². The maximum absolute atomic E-state index is 13.2. The van der Waals surface area contributed by atoms with Crippen molar-refractivity contribution in [3.8, 4) is 0 Å². The zero-order chi connectivity index (χ0) is 26.9. The first-order valence-electron chi connectivity index (χ1n) is 11.6. The normalized spacial score (nSPS) is 11.3. The Labute approximate surface area is 234 Å². The van der Waals surface area contributed by atoms with Gasteiger partial charge in [0.25, 0.3) is 11.8 Å². The van der Waals surface area contributed by atoms with Crippen molar-refractivity contribution in [3.05, 3.63) is 147 Å². The van der Waals surface area contributed by atoms with E-state index in [9.17, 15) is 14.4 Å². The number of halogens is 2. The van der Waals surface area contributed by atoms with Gasteiger partial charge in [0.1, 0.15) is 5.70 Å². The summed E-state index contributed by atoms with van der Waals surface area (Å²) in [6.07, 6.45) is 4.76. The van der Waals surface area contributed by atoms with Crippen LogP contribution in [0.4, 0.5) is 5.69 Å². The van der Waals surface area contributed by atoms with Crippen LogP contribution in [0.2, 0.25) is 5.02 Å². The Bertz CT molecular complexity index is 1510. The summed E-state index contributed by atoms with van der Waals surface area (Å²) in [5.74, 6) is -1.09. The number of ketones is 1. The quantitative estimate of drug-likeness (QED) is 0.167. The maximum atomic E-state index is 13.2. The Kier molecular flexibility index (Phi) is 9.03. The standard InChI is InChI=1S/C31H22BrClN2O3/c32-25-14-9-22(10-15-25)20-28(35-30(37)24-6-2-1-3-7-24)31(38)34-27-16-12-23(13-17-27)29(36)18-11-21-5-4-8-26(33)19-21/h1-20H,(H,34,38)(H,35,37)/b18-11+,28-20-. The molecular weight excluding hydrogens is 564 g/mol. The number of allylic oxidation sites excluding steroid dienone is 1. The van der Waals surface area contributed by atoms with Gasteiger partial charge >= 0.3 is 0 Å². The highest BCUT2D eigenvalue weighted by Gasteiger charge is 2.15. The minimum absolute atomic E-state index is 0.0748. The Morgan fingerprint density at radius 3 is 2.13 bits per heavy atom. The number of rotatable bonds is 8. The smallest absolute Gasteiger partial charge is 0.272 e. The molecule has 0 saturated heterocycles. The third-order valence-electron chi connectivity index (χ3n) is 5.41. The Balaban J connectivity index is 1.49. The van der Waals surface area contributed by atoms with E-state index in [0.29, 0.717) is 21.8 Å². The predicted molar refractivity (Wildman–Crippen MR) is 156 cm³/mol. The number of benzene rings is 4. The zero-order valence-corrected chi connectivity index (χ0v) is 22.4. The summed E-state index contributed by atoms with van der Waals surface area (Å²) in [5, 5.41) is 6.08. The number of amides is 2. The van der Waals surface area contributed by atoms with E-state index in [1.165, 1.54) is 6.08 Å². The number of hydrogen-bond donors (Lipinski definition) is 2. The van der Waals surface area contributed by atoms with Crippen molar-refractivity contribution in [2.24, 2.45) is 0 Å². The molecule has 0 bridgehead atoms. The molecule has 38 heavy (non-hydrogen) atoms. The topological polar surface area (TPSA) is 75.3 Å². The molecule has 0 aromatic heterocycles. The van der Waals surface area contributed by atoms with Crippen LogP contribution in [-0.4, -0.2) is 17.6 Å². The second-order valence-electron chi connectivity index (χ2n) is 8.21. The Morgan fingerprint density at radius 2 is 1.45 bits per heavy atom. The molecule has 0 spiro atoms. The molecule has 5 nitrogen and oxygen atoms in total. The largest absolute Gasteiger partial charge is 0.321 e. The van der Waals surface area contributed by atoms with Crippen molar-refractivity contribution < 1.29 is 14.4 Å². The minimum atomic E-state index is -0.503. The fourth-order valence-electron chi connectivity index (χ4n) is 3.46. The number of carbonyl (C=O) groups is 3. The van der Waals surface area contributed by atoms with Gasteiger partial charge in [0.15, 0.2) is 5.78 Å². The fraction of sp³-hybridized carbons (Fsp3) is 0. The van der Waals surface area contributed by atoms with E-state index in [4.69, 9.17) is 11.6 Å². The lowest BCUT2D eigenvalue weighted by Crippen LogP contribution is -2.30. The van der Waals surface area contributed by atoms with Crippen LogP contribution in [0.25, 0.3) is 12.2 Å². The second kappa shape index (κ2) is 12.8. The number of nitrogens with one attached hydrogen (secondary N) is 2. The molecular formula is C31H22BrClN2O3. The van der Waals surface area contributed by atoms with E-state index in [0.717, 1.165) is 15.6 Å². The average molecular weight is 586 g/mol. The average Bonchev–Trinajstić information content (AvgIpc) is 2.93. The SMILES string of the molecule is O=C(Nc1ccc(C(=O)/C=C/c2cccc(Cl)c2)cc1)/C(=C/c1ccc(Br)cc1)NC(=O)c1ccccc1. The van der Waals surface area contributed by atoms with Crippen LogP contribution in [0.15, 0.2) is 119 Å². The van der Waals surface area contributed by atoms with E-state index in [1.807, 2.05) is 42.5 Å². The highest BCUT2D eigenvalue weighted by atomic mass is 79.9. The third kappa shape index (κ3) is 7.62. The van der Waals surface area contributed by atoms with E-state index in [2.05, 4.69) is 26.6 Å². The van der Waals surface area contributed by atoms with E-state index in [-0.39, 0.29) is 11.5 Å². The molecule has 0 fully saturated rings. The molecule has 2 N–H and O–H groups in total. The minimum Gasteiger partial charge on any atom is -0.321 e. The van der Waals surface area contributed by atoms with Crippen LogP contribution < -0.4 is 10.6 Å². The van der Waals surface area contributed by atoms with Crippen LogP contribution in [0.3, 0.4) is 0 Å².